The Labute approximate surface area is 123 Å². The van der Waals surface area contributed by atoms with Crippen molar-refractivity contribution >= 4 is 10.1 Å². The quantitative estimate of drug-likeness (QED) is 0.877. The first-order valence-corrected chi connectivity index (χ1v) is 7.53. The van der Waals surface area contributed by atoms with Crippen LogP contribution in [0.3, 0.4) is 0 Å². The monoisotopic (exact) mass is 303 g/mol. The minimum atomic E-state index is -4.03. The maximum absolute atomic E-state index is 12.1. The van der Waals surface area contributed by atoms with E-state index < -0.39 is 10.1 Å². The van der Waals surface area contributed by atoms with Gasteiger partial charge in [-0.15, -0.1) is 0 Å². The van der Waals surface area contributed by atoms with Crippen LogP contribution >= 0.6 is 0 Å². The summed E-state index contributed by atoms with van der Waals surface area (Å²) in [5.41, 5.74) is 1.48. The first-order valence-electron chi connectivity index (χ1n) is 6.12. The molecule has 6 heteroatoms. The number of nitriles is 1. The third-order valence-corrected chi connectivity index (χ3v) is 4.07. The molecule has 0 heterocycles. The van der Waals surface area contributed by atoms with Crippen molar-refractivity contribution in [1.29, 1.82) is 5.26 Å². The summed E-state index contributed by atoms with van der Waals surface area (Å²) < 4.78 is 29.2. The first kappa shape index (κ1) is 14.9. The predicted molar refractivity (Wildman–Crippen MR) is 76.4 cm³/mol. The number of benzene rings is 2. The summed E-state index contributed by atoms with van der Waals surface area (Å²) >= 11 is 0. The molecule has 0 aliphatic heterocycles. The van der Waals surface area contributed by atoms with Crippen LogP contribution in [-0.4, -0.2) is 13.5 Å². The van der Waals surface area contributed by atoms with E-state index in [1.165, 1.54) is 30.3 Å². The molecule has 2 rings (SSSR count). The van der Waals surface area contributed by atoms with Crippen LogP contribution in [0.15, 0.2) is 47.4 Å². The van der Waals surface area contributed by atoms with Gasteiger partial charge in [-0.25, -0.2) is 0 Å². The molecular weight excluding hydrogens is 290 g/mol. The van der Waals surface area contributed by atoms with E-state index in [2.05, 4.69) is 0 Å². The van der Waals surface area contributed by atoms with Gasteiger partial charge in [0, 0.05) is 0 Å². The largest absolute Gasteiger partial charge is 0.504 e. The molecule has 1 N–H and O–H groups in total. The Morgan fingerprint density at radius 2 is 1.86 bits per heavy atom. The second kappa shape index (κ2) is 5.85. The summed E-state index contributed by atoms with van der Waals surface area (Å²) in [5.74, 6) is -0.490. The highest BCUT2D eigenvalue weighted by atomic mass is 32.2. The topological polar surface area (TPSA) is 87.4 Å². The summed E-state index contributed by atoms with van der Waals surface area (Å²) in [4.78, 5) is -0.00168. The average Bonchev–Trinajstić information content (AvgIpc) is 2.43. The van der Waals surface area contributed by atoms with Gasteiger partial charge < -0.3 is 9.29 Å². The zero-order valence-electron chi connectivity index (χ0n) is 11.3. The van der Waals surface area contributed by atoms with E-state index in [0.29, 0.717) is 5.56 Å². The van der Waals surface area contributed by atoms with Crippen LogP contribution in [0.1, 0.15) is 11.1 Å². The fraction of sp³-hybridized carbons (Fsp3) is 0.133. The number of rotatable bonds is 4. The molecule has 0 atom stereocenters. The summed E-state index contributed by atoms with van der Waals surface area (Å²) in [6.45, 7) is 1.84. The molecule has 21 heavy (non-hydrogen) atoms. The fourth-order valence-electron chi connectivity index (χ4n) is 1.70. The van der Waals surface area contributed by atoms with E-state index in [1.807, 2.05) is 13.0 Å². The maximum Gasteiger partial charge on any atom is 0.339 e. The van der Waals surface area contributed by atoms with Gasteiger partial charge in [0.2, 0.25) is 0 Å². The molecule has 0 spiro atoms. The lowest BCUT2D eigenvalue weighted by atomic mass is 10.1. The molecule has 0 unspecified atom stereocenters. The highest BCUT2D eigenvalue weighted by Crippen LogP contribution is 2.30. The fourth-order valence-corrected chi connectivity index (χ4v) is 2.63. The lowest BCUT2D eigenvalue weighted by molar-refractivity contribution is 0.428. The number of phenols is 1. The number of hydrogen-bond donors (Lipinski definition) is 1. The molecule has 0 fully saturated rings. The molecule has 0 bridgehead atoms. The molecule has 0 radical (unpaired) electrons. The lowest BCUT2D eigenvalue weighted by Crippen LogP contribution is -2.10. The van der Waals surface area contributed by atoms with Crippen molar-refractivity contribution < 1.29 is 17.7 Å². The molecule has 2 aromatic carbocycles. The van der Waals surface area contributed by atoms with Crippen molar-refractivity contribution in [2.24, 2.45) is 0 Å². The Morgan fingerprint density at radius 1 is 1.19 bits per heavy atom. The highest BCUT2D eigenvalue weighted by Gasteiger charge is 2.18. The van der Waals surface area contributed by atoms with Crippen LogP contribution in [0.25, 0.3) is 0 Å². The van der Waals surface area contributed by atoms with E-state index in [-0.39, 0.29) is 22.8 Å². The van der Waals surface area contributed by atoms with Crippen LogP contribution in [0, 0.1) is 18.3 Å². The van der Waals surface area contributed by atoms with Gasteiger partial charge >= 0.3 is 10.1 Å². The summed E-state index contributed by atoms with van der Waals surface area (Å²) in [5, 5.41) is 18.3. The Hall–Kier alpha value is -2.52. The van der Waals surface area contributed by atoms with Crippen molar-refractivity contribution in [3.63, 3.8) is 0 Å². The number of aromatic hydroxyl groups is 1. The second-order valence-electron chi connectivity index (χ2n) is 4.49. The molecule has 5 nitrogen and oxygen atoms in total. The molecule has 0 saturated heterocycles. The van der Waals surface area contributed by atoms with E-state index in [0.717, 1.165) is 5.56 Å². The van der Waals surface area contributed by atoms with Crippen molar-refractivity contribution in [3.8, 4) is 17.6 Å². The number of hydrogen-bond acceptors (Lipinski definition) is 5. The Morgan fingerprint density at radius 3 is 2.48 bits per heavy atom. The molecule has 0 aromatic heterocycles. The van der Waals surface area contributed by atoms with Crippen LogP contribution < -0.4 is 4.18 Å². The van der Waals surface area contributed by atoms with Gasteiger partial charge in [0.05, 0.1) is 12.5 Å². The zero-order valence-corrected chi connectivity index (χ0v) is 12.1. The van der Waals surface area contributed by atoms with Gasteiger partial charge in [-0.3, -0.25) is 0 Å². The third kappa shape index (κ3) is 3.52. The van der Waals surface area contributed by atoms with Crippen LogP contribution in [0.2, 0.25) is 0 Å². The highest BCUT2D eigenvalue weighted by molar-refractivity contribution is 7.87. The SMILES string of the molecule is Cc1ccc(S(=O)(=O)Oc2cc(CC#N)ccc2O)cc1. The van der Waals surface area contributed by atoms with Gasteiger partial charge in [0.15, 0.2) is 11.5 Å². The molecule has 0 saturated carbocycles. The Bertz CT molecular complexity index is 789. The standard InChI is InChI=1S/C15H13NO4S/c1-11-2-5-13(6-3-11)21(18,19)20-15-10-12(8-9-16)4-7-14(15)17/h2-7,10,17H,8H2,1H3. The second-order valence-corrected chi connectivity index (χ2v) is 6.03. The number of phenolic OH excluding ortho intramolecular Hbond substituents is 1. The van der Waals surface area contributed by atoms with Gasteiger partial charge in [-0.2, -0.15) is 13.7 Å². The van der Waals surface area contributed by atoms with Crippen LogP contribution in [-0.2, 0) is 16.5 Å². The molecule has 2 aromatic rings. The van der Waals surface area contributed by atoms with E-state index in [4.69, 9.17) is 9.44 Å². The predicted octanol–water partition coefficient (Wildman–Crippen LogP) is 2.53. The lowest BCUT2D eigenvalue weighted by Gasteiger charge is -2.09. The Balaban J connectivity index is 2.34. The number of nitrogens with zero attached hydrogens (tertiary/aromatic N) is 1. The summed E-state index contributed by atoms with van der Waals surface area (Å²) in [6, 6.07) is 12.3. The van der Waals surface area contributed by atoms with Crippen molar-refractivity contribution in [3.05, 3.63) is 53.6 Å². The normalized spacial score (nSPS) is 10.9. The van der Waals surface area contributed by atoms with Gasteiger partial charge in [0.1, 0.15) is 4.90 Å². The molecule has 108 valence electrons. The third-order valence-electron chi connectivity index (χ3n) is 2.82. The summed E-state index contributed by atoms with van der Waals surface area (Å²) in [7, 11) is -4.03. The van der Waals surface area contributed by atoms with Crippen LogP contribution in [0.5, 0.6) is 11.5 Å². The first-order chi connectivity index (χ1) is 9.92. The van der Waals surface area contributed by atoms with Crippen molar-refractivity contribution in [1.82, 2.24) is 0 Å². The van der Waals surface area contributed by atoms with Gasteiger partial charge in [0.25, 0.3) is 0 Å². The van der Waals surface area contributed by atoms with E-state index in [1.54, 1.807) is 12.1 Å². The maximum atomic E-state index is 12.1. The average molecular weight is 303 g/mol. The van der Waals surface area contributed by atoms with Gasteiger partial charge in [-0.05, 0) is 36.8 Å². The minimum absolute atomic E-state index is 0.00168. The minimum Gasteiger partial charge on any atom is -0.504 e. The van der Waals surface area contributed by atoms with Crippen molar-refractivity contribution in [2.45, 2.75) is 18.2 Å². The zero-order chi connectivity index (χ0) is 15.5. The van der Waals surface area contributed by atoms with Crippen LogP contribution in [0.4, 0.5) is 0 Å². The molecular formula is C15H13NO4S. The van der Waals surface area contributed by atoms with Crippen molar-refractivity contribution in [2.75, 3.05) is 0 Å². The number of aryl methyl sites for hydroxylation is 1. The molecule has 0 amide bonds. The van der Waals surface area contributed by atoms with E-state index >= 15 is 0 Å². The smallest absolute Gasteiger partial charge is 0.339 e. The summed E-state index contributed by atoms with van der Waals surface area (Å²) in [6.07, 6.45) is 0.0984. The molecule has 0 aliphatic rings. The molecule has 0 aliphatic carbocycles. The van der Waals surface area contributed by atoms with Gasteiger partial charge in [-0.1, -0.05) is 23.8 Å². The van der Waals surface area contributed by atoms with E-state index in [9.17, 15) is 13.5 Å². The Kier molecular flexibility index (Phi) is 4.15.